The Hall–Kier alpha value is -2.48. The predicted molar refractivity (Wildman–Crippen MR) is 92.2 cm³/mol. The number of nitrogens with zero attached hydrogens (tertiary/aromatic N) is 5. The van der Waals surface area contributed by atoms with Gasteiger partial charge in [0.25, 0.3) is 5.89 Å². The number of esters is 1. The lowest BCUT2D eigenvalue weighted by Gasteiger charge is -2.23. The highest BCUT2D eigenvalue weighted by atomic mass is 16.5. The number of carbonyl (C=O) groups excluding carboxylic acids is 1. The summed E-state index contributed by atoms with van der Waals surface area (Å²) in [6.45, 7) is 7.63. The van der Waals surface area contributed by atoms with Gasteiger partial charge in [0, 0.05) is 32.4 Å². The molecule has 8 heteroatoms. The predicted octanol–water partition coefficient (Wildman–Crippen LogP) is 1.52. The van der Waals surface area contributed by atoms with E-state index < -0.39 is 0 Å². The molecule has 0 amide bonds. The highest BCUT2D eigenvalue weighted by molar-refractivity contribution is 5.72. The Balaban J connectivity index is 1.72. The maximum absolute atomic E-state index is 11.7. The summed E-state index contributed by atoms with van der Waals surface area (Å²) in [6.07, 6.45) is 2.71. The van der Waals surface area contributed by atoms with Crippen LogP contribution in [-0.4, -0.2) is 65.3 Å². The van der Waals surface area contributed by atoms with Gasteiger partial charge in [-0.2, -0.15) is 4.98 Å². The molecule has 1 saturated heterocycles. The van der Waals surface area contributed by atoms with E-state index in [4.69, 9.17) is 9.26 Å². The van der Waals surface area contributed by atoms with Gasteiger partial charge in [0.15, 0.2) is 5.82 Å². The van der Waals surface area contributed by atoms with E-state index in [9.17, 15) is 4.79 Å². The van der Waals surface area contributed by atoms with Gasteiger partial charge >= 0.3 is 5.97 Å². The zero-order valence-electron chi connectivity index (χ0n) is 14.6. The van der Waals surface area contributed by atoms with Crippen LogP contribution < -0.4 is 4.90 Å². The first kappa shape index (κ1) is 17.3. The molecule has 3 heterocycles. The molecule has 8 nitrogen and oxygen atoms in total. The Bertz CT molecular complexity index is 718. The lowest BCUT2D eigenvalue weighted by molar-refractivity contribution is -0.144. The van der Waals surface area contributed by atoms with Gasteiger partial charge in [0.2, 0.25) is 0 Å². The van der Waals surface area contributed by atoms with Crippen molar-refractivity contribution in [1.29, 1.82) is 0 Å². The van der Waals surface area contributed by atoms with Gasteiger partial charge in [-0.1, -0.05) is 5.16 Å². The monoisotopic (exact) mass is 345 g/mol. The Morgan fingerprint density at radius 1 is 1.32 bits per heavy atom. The quantitative estimate of drug-likeness (QED) is 0.754. The molecule has 0 saturated carbocycles. The van der Waals surface area contributed by atoms with Crippen LogP contribution in [0.2, 0.25) is 0 Å². The van der Waals surface area contributed by atoms with E-state index in [2.05, 4.69) is 24.9 Å². The molecule has 0 N–H and O–H groups in total. The van der Waals surface area contributed by atoms with E-state index in [1.54, 1.807) is 13.1 Å². The van der Waals surface area contributed by atoms with Crippen molar-refractivity contribution in [2.45, 2.75) is 20.3 Å². The summed E-state index contributed by atoms with van der Waals surface area (Å²) in [4.78, 5) is 24.9. The molecule has 3 rings (SSSR count). The molecule has 0 bridgehead atoms. The Morgan fingerprint density at radius 2 is 2.20 bits per heavy atom. The van der Waals surface area contributed by atoms with E-state index >= 15 is 0 Å². The lowest BCUT2D eigenvalue weighted by Crippen LogP contribution is -2.35. The molecule has 0 spiro atoms. The average molecular weight is 345 g/mol. The minimum Gasteiger partial charge on any atom is -0.465 e. The summed E-state index contributed by atoms with van der Waals surface area (Å²) in [5, 5.41) is 3.87. The molecule has 0 atom stereocenters. The van der Waals surface area contributed by atoms with Crippen LogP contribution in [0.25, 0.3) is 11.5 Å². The van der Waals surface area contributed by atoms with E-state index in [0.29, 0.717) is 24.9 Å². The zero-order valence-corrected chi connectivity index (χ0v) is 14.6. The summed E-state index contributed by atoms with van der Waals surface area (Å²) < 4.78 is 10.4. The maximum Gasteiger partial charge on any atom is 0.320 e. The summed E-state index contributed by atoms with van der Waals surface area (Å²) in [7, 11) is 0. The second-order valence-corrected chi connectivity index (χ2v) is 5.94. The van der Waals surface area contributed by atoms with Crippen LogP contribution in [0, 0.1) is 6.92 Å². The van der Waals surface area contributed by atoms with Gasteiger partial charge in [-0.3, -0.25) is 9.69 Å². The number of aromatic nitrogens is 3. The molecular weight excluding hydrogens is 322 g/mol. The molecule has 134 valence electrons. The van der Waals surface area contributed by atoms with Crippen molar-refractivity contribution in [3.63, 3.8) is 0 Å². The first-order valence-corrected chi connectivity index (χ1v) is 8.56. The third-order valence-corrected chi connectivity index (χ3v) is 4.09. The number of hydrogen-bond acceptors (Lipinski definition) is 8. The van der Waals surface area contributed by atoms with Crippen LogP contribution in [0.1, 0.15) is 19.2 Å². The lowest BCUT2D eigenvalue weighted by atomic mass is 10.2. The summed E-state index contributed by atoms with van der Waals surface area (Å²) in [5.74, 6) is 1.74. The molecule has 25 heavy (non-hydrogen) atoms. The zero-order chi connectivity index (χ0) is 17.6. The topological polar surface area (TPSA) is 84.6 Å². The number of carbonyl (C=O) groups is 1. The Morgan fingerprint density at radius 3 is 2.96 bits per heavy atom. The van der Waals surface area contributed by atoms with Crippen molar-refractivity contribution in [3.8, 4) is 11.5 Å². The fourth-order valence-electron chi connectivity index (χ4n) is 2.95. The third kappa shape index (κ3) is 4.33. The van der Waals surface area contributed by atoms with Crippen molar-refractivity contribution < 1.29 is 14.1 Å². The first-order valence-electron chi connectivity index (χ1n) is 8.56. The van der Waals surface area contributed by atoms with Crippen molar-refractivity contribution in [1.82, 2.24) is 20.0 Å². The van der Waals surface area contributed by atoms with Crippen molar-refractivity contribution in [2.75, 3.05) is 44.2 Å². The second kappa shape index (κ2) is 8.06. The van der Waals surface area contributed by atoms with Gasteiger partial charge in [-0.25, -0.2) is 4.98 Å². The largest absolute Gasteiger partial charge is 0.465 e. The van der Waals surface area contributed by atoms with Crippen LogP contribution in [0.4, 0.5) is 5.82 Å². The number of ether oxygens (including phenoxy) is 1. The van der Waals surface area contributed by atoms with Gasteiger partial charge in [-0.15, -0.1) is 0 Å². The fraction of sp³-hybridized carbons (Fsp3) is 0.529. The van der Waals surface area contributed by atoms with Crippen molar-refractivity contribution in [3.05, 3.63) is 24.2 Å². The molecule has 0 aromatic carbocycles. The summed E-state index contributed by atoms with van der Waals surface area (Å²) in [6, 6.07) is 3.81. The van der Waals surface area contributed by atoms with Gasteiger partial charge in [0.1, 0.15) is 5.82 Å². The minimum absolute atomic E-state index is 0.171. The molecule has 0 unspecified atom stereocenters. The number of rotatable bonds is 5. The smallest absolute Gasteiger partial charge is 0.320 e. The summed E-state index contributed by atoms with van der Waals surface area (Å²) in [5.41, 5.74) is 0.835. The van der Waals surface area contributed by atoms with Gasteiger partial charge < -0.3 is 14.2 Å². The molecular formula is C17H23N5O3. The molecule has 2 aromatic heterocycles. The average Bonchev–Trinajstić information content (AvgIpc) is 2.90. The standard InChI is InChI=1S/C17H23N5O3/c1-3-24-15(23)12-21-8-5-9-22(11-10-21)16-14(6-4-7-18-16)17-19-13(2)20-25-17/h4,6-7H,3,5,8-12H2,1-2H3. The highest BCUT2D eigenvalue weighted by Gasteiger charge is 2.22. The van der Waals surface area contributed by atoms with Gasteiger partial charge in [-0.05, 0) is 32.4 Å². The van der Waals surface area contributed by atoms with Crippen LogP contribution in [0.15, 0.2) is 22.9 Å². The van der Waals surface area contributed by atoms with Crippen molar-refractivity contribution in [2.24, 2.45) is 0 Å². The van der Waals surface area contributed by atoms with Crippen LogP contribution in [-0.2, 0) is 9.53 Å². The van der Waals surface area contributed by atoms with Crippen molar-refractivity contribution >= 4 is 11.8 Å². The SMILES string of the molecule is CCOC(=O)CN1CCCN(c2ncccc2-c2nc(C)no2)CC1. The van der Waals surface area contributed by atoms with E-state index in [1.807, 2.05) is 19.1 Å². The van der Waals surface area contributed by atoms with Crippen LogP contribution >= 0.6 is 0 Å². The molecule has 1 fully saturated rings. The number of anilines is 1. The molecule has 1 aliphatic rings. The van der Waals surface area contributed by atoms with Crippen LogP contribution in [0.3, 0.4) is 0 Å². The highest BCUT2D eigenvalue weighted by Crippen LogP contribution is 2.28. The summed E-state index contributed by atoms with van der Waals surface area (Å²) >= 11 is 0. The Labute approximate surface area is 146 Å². The first-order chi connectivity index (χ1) is 12.2. The number of hydrogen-bond donors (Lipinski definition) is 0. The normalized spacial score (nSPS) is 15.8. The minimum atomic E-state index is -0.171. The molecule has 0 aliphatic carbocycles. The van der Waals surface area contributed by atoms with E-state index in [1.165, 1.54) is 0 Å². The van der Waals surface area contributed by atoms with E-state index in [-0.39, 0.29) is 5.97 Å². The number of pyridine rings is 1. The second-order valence-electron chi connectivity index (χ2n) is 5.94. The Kier molecular flexibility index (Phi) is 5.60. The number of aryl methyl sites for hydroxylation is 1. The third-order valence-electron chi connectivity index (χ3n) is 4.09. The molecule has 1 aliphatic heterocycles. The van der Waals surface area contributed by atoms with Gasteiger partial charge in [0.05, 0.1) is 18.7 Å². The van der Waals surface area contributed by atoms with E-state index in [0.717, 1.165) is 44.0 Å². The fourth-order valence-corrected chi connectivity index (χ4v) is 2.95. The molecule has 0 radical (unpaired) electrons. The van der Waals surface area contributed by atoms with Crippen LogP contribution in [0.5, 0.6) is 0 Å². The molecule has 2 aromatic rings. The maximum atomic E-state index is 11.7.